The van der Waals surface area contributed by atoms with Crippen LogP contribution in [0.1, 0.15) is 36.5 Å². The van der Waals surface area contributed by atoms with Crippen LogP contribution in [0, 0.1) is 18.3 Å². The number of esters is 1. The third-order valence-electron chi connectivity index (χ3n) is 5.89. The van der Waals surface area contributed by atoms with Gasteiger partial charge in [0.1, 0.15) is 24.0 Å². The van der Waals surface area contributed by atoms with Gasteiger partial charge < -0.3 is 18.9 Å². The Hall–Kier alpha value is -4.44. The molecule has 1 aromatic heterocycles. The van der Waals surface area contributed by atoms with Crippen LogP contribution in [-0.2, 0) is 20.9 Å². The monoisotopic (exact) mass is 484 g/mol. The molecular weight excluding hydrogens is 456 g/mol. The molecule has 0 aliphatic carbocycles. The number of benzene rings is 2. The molecule has 1 unspecified atom stereocenters. The molecule has 0 saturated carbocycles. The van der Waals surface area contributed by atoms with Crippen LogP contribution in [0.5, 0.6) is 11.5 Å². The first-order valence-corrected chi connectivity index (χ1v) is 11.7. The lowest BCUT2D eigenvalue weighted by atomic mass is 9.83. The molecule has 0 bridgehead atoms. The fraction of sp³-hybridized carbons (Fsp3) is 0.241. The first kappa shape index (κ1) is 24.7. The molecular formula is C29H28N2O5. The standard InChI is InChI=1S/C29H28N2O5/c1-5-34-29(32)26-20(3)36-28(31-13-6-7-14-31)23(17-30)27(26)22-11-12-24(25(16-22)33-4)35-18-21-10-8-9-19(2)15-21/h6-16,27H,5,18H2,1-4H3. The number of nitrogens with zero attached hydrogens (tertiary/aromatic N) is 2. The summed E-state index contributed by atoms with van der Waals surface area (Å²) in [6.45, 7) is 6.05. The average Bonchev–Trinajstić information content (AvgIpc) is 3.42. The van der Waals surface area contributed by atoms with Gasteiger partial charge in [0.2, 0.25) is 5.88 Å². The molecule has 4 rings (SSSR count). The van der Waals surface area contributed by atoms with Gasteiger partial charge >= 0.3 is 5.97 Å². The van der Waals surface area contributed by atoms with Crippen LogP contribution in [0.4, 0.5) is 0 Å². The van der Waals surface area contributed by atoms with E-state index in [0.29, 0.717) is 35.3 Å². The molecule has 1 atom stereocenters. The zero-order valence-corrected chi connectivity index (χ0v) is 20.8. The van der Waals surface area contributed by atoms with Gasteiger partial charge in [0, 0.05) is 12.4 Å². The summed E-state index contributed by atoms with van der Waals surface area (Å²) in [5.74, 6) is 0.531. The van der Waals surface area contributed by atoms with Crippen LogP contribution in [-0.4, -0.2) is 24.3 Å². The maximum atomic E-state index is 13.0. The van der Waals surface area contributed by atoms with E-state index in [1.807, 2.05) is 43.3 Å². The lowest BCUT2D eigenvalue weighted by Crippen LogP contribution is -2.24. The fourth-order valence-corrected chi connectivity index (χ4v) is 4.25. The van der Waals surface area contributed by atoms with Crippen molar-refractivity contribution in [3.63, 3.8) is 0 Å². The second kappa shape index (κ2) is 10.9. The van der Waals surface area contributed by atoms with Crippen molar-refractivity contribution in [2.75, 3.05) is 13.7 Å². The lowest BCUT2D eigenvalue weighted by Gasteiger charge is -2.29. The van der Waals surface area contributed by atoms with Crippen LogP contribution in [0.25, 0.3) is 5.88 Å². The molecule has 3 aromatic rings. The van der Waals surface area contributed by atoms with Crippen molar-refractivity contribution in [1.29, 1.82) is 5.26 Å². The van der Waals surface area contributed by atoms with Crippen molar-refractivity contribution in [2.45, 2.75) is 33.3 Å². The first-order valence-electron chi connectivity index (χ1n) is 11.7. The Bertz CT molecular complexity index is 1360. The van der Waals surface area contributed by atoms with E-state index in [1.54, 1.807) is 50.1 Å². The van der Waals surface area contributed by atoms with Gasteiger partial charge in [-0.25, -0.2) is 4.79 Å². The molecule has 184 valence electrons. The molecule has 2 aromatic carbocycles. The van der Waals surface area contributed by atoms with Crippen molar-refractivity contribution in [2.24, 2.45) is 0 Å². The minimum absolute atomic E-state index is 0.202. The smallest absolute Gasteiger partial charge is 0.338 e. The lowest BCUT2D eigenvalue weighted by molar-refractivity contribution is -0.139. The van der Waals surface area contributed by atoms with E-state index in [1.165, 1.54) is 0 Å². The molecule has 0 amide bonds. The predicted molar refractivity (Wildman–Crippen MR) is 135 cm³/mol. The van der Waals surface area contributed by atoms with Crippen molar-refractivity contribution < 1.29 is 23.7 Å². The number of hydrogen-bond donors (Lipinski definition) is 0. The zero-order valence-electron chi connectivity index (χ0n) is 20.8. The van der Waals surface area contributed by atoms with Gasteiger partial charge in [-0.05, 0) is 56.2 Å². The van der Waals surface area contributed by atoms with Crippen LogP contribution >= 0.6 is 0 Å². The van der Waals surface area contributed by atoms with Gasteiger partial charge in [0.15, 0.2) is 11.5 Å². The number of nitriles is 1. The van der Waals surface area contributed by atoms with Crippen LogP contribution in [0.2, 0.25) is 0 Å². The number of ether oxygens (including phenoxy) is 4. The second-order valence-corrected chi connectivity index (χ2v) is 8.33. The van der Waals surface area contributed by atoms with E-state index in [4.69, 9.17) is 18.9 Å². The number of rotatable bonds is 8. The second-order valence-electron chi connectivity index (χ2n) is 8.33. The largest absolute Gasteiger partial charge is 0.493 e. The molecule has 7 nitrogen and oxygen atoms in total. The molecule has 7 heteroatoms. The van der Waals surface area contributed by atoms with Gasteiger partial charge in [-0.1, -0.05) is 35.9 Å². The fourth-order valence-electron chi connectivity index (χ4n) is 4.25. The van der Waals surface area contributed by atoms with E-state index < -0.39 is 11.9 Å². The highest BCUT2D eigenvalue weighted by Crippen LogP contribution is 2.44. The molecule has 0 radical (unpaired) electrons. The summed E-state index contributed by atoms with van der Waals surface area (Å²) in [6, 6.07) is 19.4. The van der Waals surface area contributed by atoms with E-state index in [2.05, 4.69) is 12.1 Å². The quantitative estimate of drug-likeness (QED) is 0.380. The van der Waals surface area contributed by atoms with E-state index in [0.717, 1.165) is 11.1 Å². The Morgan fingerprint density at radius 1 is 1.08 bits per heavy atom. The van der Waals surface area contributed by atoms with E-state index in [-0.39, 0.29) is 17.8 Å². The van der Waals surface area contributed by atoms with Gasteiger partial charge in [0.05, 0.1) is 25.2 Å². The predicted octanol–water partition coefficient (Wildman–Crippen LogP) is 5.73. The Morgan fingerprint density at radius 3 is 2.53 bits per heavy atom. The van der Waals surface area contributed by atoms with Crippen LogP contribution < -0.4 is 9.47 Å². The first-order chi connectivity index (χ1) is 17.5. The Kier molecular flexibility index (Phi) is 7.45. The highest BCUT2D eigenvalue weighted by Gasteiger charge is 2.38. The Balaban J connectivity index is 1.76. The summed E-state index contributed by atoms with van der Waals surface area (Å²) in [7, 11) is 1.56. The van der Waals surface area contributed by atoms with Crippen molar-refractivity contribution in [1.82, 2.24) is 4.57 Å². The number of carbonyl (C=O) groups excluding carboxylic acids is 1. The van der Waals surface area contributed by atoms with Gasteiger partial charge in [-0.15, -0.1) is 0 Å². The summed E-state index contributed by atoms with van der Waals surface area (Å²) >= 11 is 0. The molecule has 1 aliphatic heterocycles. The molecule has 0 spiro atoms. The minimum atomic E-state index is -0.708. The Labute approximate surface area is 210 Å². The summed E-state index contributed by atoms with van der Waals surface area (Å²) in [6.07, 6.45) is 3.57. The number of allylic oxidation sites excluding steroid dienone is 2. The number of carbonyl (C=O) groups is 1. The Morgan fingerprint density at radius 2 is 1.86 bits per heavy atom. The van der Waals surface area contributed by atoms with E-state index in [9.17, 15) is 10.1 Å². The van der Waals surface area contributed by atoms with Gasteiger partial charge in [-0.3, -0.25) is 4.57 Å². The van der Waals surface area contributed by atoms with Gasteiger partial charge in [-0.2, -0.15) is 5.26 Å². The summed E-state index contributed by atoms with van der Waals surface area (Å²) in [5.41, 5.74) is 3.44. The summed E-state index contributed by atoms with van der Waals surface area (Å²) in [4.78, 5) is 13.0. The minimum Gasteiger partial charge on any atom is -0.493 e. The molecule has 0 N–H and O–H groups in total. The highest BCUT2D eigenvalue weighted by atomic mass is 16.5. The number of aryl methyl sites for hydroxylation is 1. The number of aromatic nitrogens is 1. The van der Waals surface area contributed by atoms with Gasteiger partial charge in [0.25, 0.3) is 0 Å². The summed E-state index contributed by atoms with van der Waals surface area (Å²) in [5, 5.41) is 10.2. The third-order valence-corrected chi connectivity index (χ3v) is 5.89. The van der Waals surface area contributed by atoms with Crippen molar-refractivity contribution >= 4 is 11.9 Å². The summed E-state index contributed by atoms with van der Waals surface area (Å²) < 4.78 is 24.7. The van der Waals surface area contributed by atoms with Crippen LogP contribution in [0.3, 0.4) is 0 Å². The molecule has 0 saturated heterocycles. The average molecular weight is 485 g/mol. The van der Waals surface area contributed by atoms with E-state index >= 15 is 0 Å². The normalized spacial score (nSPS) is 15.2. The number of methoxy groups -OCH3 is 1. The van der Waals surface area contributed by atoms with Crippen LogP contribution in [0.15, 0.2) is 83.9 Å². The molecule has 2 heterocycles. The maximum absolute atomic E-state index is 13.0. The molecule has 1 aliphatic rings. The third kappa shape index (κ3) is 4.98. The molecule has 36 heavy (non-hydrogen) atoms. The number of hydrogen-bond acceptors (Lipinski definition) is 6. The van der Waals surface area contributed by atoms with Crippen molar-refractivity contribution in [3.8, 4) is 17.6 Å². The SMILES string of the molecule is CCOC(=O)C1=C(C)OC(n2cccc2)=C(C#N)C1c1ccc(OCc2cccc(C)c2)c(OC)c1. The maximum Gasteiger partial charge on any atom is 0.338 e. The highest BCUT2D eigenvalue weighted by molar-refractivity contribution is 5.93. The molecule has 0 fully saturated rings. The van der Waals surface area contributed by atoms with Crippen molar-refractivity contribution in [3.05, 3.63) is 101 Å². The zero-order chi connectivity index (χ0) is 25.7. The topological polar surface area (TPSA) is 82.7 Å².